The van der Waals surface area contributed by atoms with E-state index in [0.29, 0.717) is 6.61 Å². The molecule has 0 saturated carbocycles. The van der Waals surface area contributed by atoms with Crippen molar-refractivity contribution in [3.05, 3.63) is 23.5 Å². The predicted molar refractivity (Wildman–Crippen MR) is 90.8 cm³/mol. The Morgan fingerprint density at radius 3 is 2.39 bits per heavy atom. The molecule has 0 radical (unpaired) electrons. The zero-order valence-corrected chi connectivity index (χ0v) is 15.7. The molecule has 0 aromatic heterocycles. The van der Waals surface area contributed by atoms with Crippen LogP contribution in [0, 0.1) is 5.82 Å². The van der Waals surface area contributed by atoms with E-state index in [4.69, 9.17) is 14.9 Å². The van der Waals surface area contributed by atoms with Crippen molar-refractivity contribution in [1.29, 1.82) is 0 Å². The first-order valence-corrected chi connectivity index (χ1v) is 10.3. The third kappa shape index (κ3) is 4.94. The summed E-state index contributed by atoms with van der Waals surface area (Å²) >= 11 is 0. The fourth-order valence-corrected chi connectivity index (χ4v) is 2.65. The third-order valence-corrected chi connectivity index (χ3v) is 8.65. The number of hydrogen-bond acceptors (Lipinski definition) is 5. The smallest absolute Gasteiger partial charge is 0.340 e. The quantitative estimate of drug-likeness (QED) is 0.370. The van der Waals surface area contributed by atoms with Crippen molar-refractivity contribution in [3.8, 4) is 5.75 Å². The predicted octanol–water partition coefficient (Wildman–Crippen LogP) is 3.60. The minimum absolute atomic E-state index is 0.111. The first-order valence-electron chi connectivity index (χ1n) is 7.43. The van der Waals surface area contributed by atoms with Crippen LogP contribution in [0.15, 0.2) is 12.1 Å². The standard InChI is InChI=1S/C16H26FNO4Si/c1-16(2,3)23(5,6)22-8-7-21-14-9-11(15(19)20-4)12(17)10-13(14)18/h9-10H,7-8,18H2,1-6H3. The van der Waals surface area contributed by atoms with Crippen LogP contribution in [-0.4, -0.2) is 34.6 Å². The molecule has 1 aromatic carbocycles. The zero-order valence-electron chi connectivity index (χ0n) is 14.7. The highest BCUT2D eigenvalue weighted by atomic mass is 28.4. The summed E-state index contributed by atoms with van der Waals surface area (Å²) in [6.45, 7) is 11.4. The molecular formula is C16H26FNO4Si. The number of rotatable bonds is 6. The van der Waals surface area contributed by atoms with Crippen molar-refractivity contribution in [2.75, 3.05) is 26.1 Å². The van der Waals surface area contributed by atoms with Crippen LogP contribution in [0.5, 0.6) is 5.75 Å². The van der Waals surface area contributed by atoms with Crippen LogP contribution in [-0.2, 0) is 9.16 Å². The van der Waals surface area contributed by atoms with Gasteiger partial charge in [0.2, 0.25) is 0 Å². The number of anilines is 1. The van der Waals surface area contributed by atoms with E-state index in [1.807, 2.05) is 0 Å². The SMILES string of the molecule is COC(=O)c1cc(OCCO[Si](C)(C)C(C)(C)C)c(N)cc1F. The monoisotopic (exact) mass is 343 g/mol. The third-order valence-electron chi connectivity index (χ3n) is 4.11. The largest absolute Gasteiger partial charge is 0.489 e. The highest BCUT2D eigenvalue weighted by Crippen LogP contribution is 2.36. The lowest BCUT2D eigenvalue weighted by Crippen LogP contribution is -2.41. The Balaban J connectivity index is 2.70. The molecule has 1 rings (SSSR count). The zero-order chi connectivity index (χ0) is 17.8. The summed E-state index contributed by atoms with van der Waals surface area (Å²) in [5.41, 5.74) is 5.64. The minimum Gasteiger partial charge on any atom is -0.489 e. The van der Waals surface area contributed by atoms with Crippen molar-refractivity contribution in [1.82, 2.24) is 0 Å². The second kappa shape index (κ2) is 7.31. The lowest BCUT2D eigenvalue weighted by molar-refractivity contribution is 0.0595. The molecule has 5 nitrogen and oxygen atoms in total. The Labute approximate surface area is 138 Å². The average molecular weight is 343 g/mol. The molecule has 0 aliphatic carbocycles. The van der Waals surface area contributed by atoms with E-state index in [1.54, 1.807) is 0 Å². The van der Waals surface area contributed by atoms with E-state index in [-0.39, 0.29) is 28.6 Å². The number of methoxy groups -OCH3 is 1. The van der Waals surface area contributed by atoms with E-state index in [2.05, 4.69) is 38.6 Å². The van der Waals surface area contributed by atoms with Crippen LogP contribution in [0.3, 0.4) is 0 Å². The van der Waals surface area contributed by atoms with E-state index < -0.39 is 20.1 Å². The number of esters is 1. The van der Waals surface area contributed by atoms with Gasteiger partial charge in [0, 0.05) is 6.07 Å². The topological polar surface area (TPSA) is 70.8 Å². The van der Waals surface area contributed by atoms with Gasteiger partial charge in [0.1, 0.15) is 18.2 Å². The Hall–Kier alpha value is -1.60. The maximum atomic E-state index is 13.7. The Kier molecular flexibility index (Phi) is 6.18. The molecule has 0 amide bonds. The summed E-state index contributed by atoms with van der Waals surface area (Å²) in [6, 6.07) is 2.30. The molecule has 23 heavy (non-hydrogen) atoms. The number of hydrogen-bond donors (Lipinski definition) is 1. The van der Waals surface area contributed by atoms with E-state index in [1.165, 1.54) is 13.2 Å². The van der Waals surface area contributed by atoms with Gasteiger partial charge in [0.15, 0.2) is 8.32 Å². The average Bonchev–Trinajstić information content (AvgIpc) is 2.43. The van der Waals surface area contributed by atoms with Crippen LogP contribution in [0.2, 0.25) is 18.1 Å². The van der Waals surface area contributed by atoms with Gasteiger partial charge in [0.25, 0.3) is 0 Å². The summed E-state index contributed by atoms with van der Waals surface area (Å²) in [6.07, 6.45) is 0. The summed E-state index contributed by atoms with van der Waals surface area (Å²) in [4.78, 5) is 11.5. The summed E-state index contributed by atoms with van der Waals surface area (Å²) in [5, 5.41) is 0.111. The maximum Gasteiger partial charge on any atom is 0.340 e. The van der Waals surface area contributed by atoms with Gasteiger partial charge < -0.3 is 19.6 Å². The molecule has 7 heteroatoms. The number of carbonyl (C=O) groups is 1. The molecule has 0 aliphatic heterocycles. The highest BCUT2D eigenvalue weighted by Gasteiger charge is 2.36. The van der Waals surface area contributed by atoms with Crippen molar-refractivity contribution >= 4 is 20.0 Å². The lowest BCUT2D eigenvalue weighted by atomic mass is 10.2. The van der Waals surface area contributed by atoms with Crippen molar-refractivity contribution in [2.24, 2.45) is 0 Å². The summed E-state index contributed by atoms with van der Waals surface area (Å²) in [5.74, 6) is -1.27. The molecule has 130 valence electrons. The van der Waals surface area contributed by atoms with Crippen molar-refractivity contribution in [2.45, 2.75) is 38.9 Å². The van der Waals surface area contributed by atoms with E-state index in [9.17, 15) is 9.18 Å². The summed E-state index contributed by atoms with van der Waals surface area (Å²) in [7, 11) is -0.659. The number of nitrogens with two attached hydrogens (primary N) is 1. The molecule has 0 unspecified atom stereocenters. The van der Waals surface area contributed by atoms with Crippen LogP contribution in [0.4, 0.5) is 10.1 Å². The first kappa shape index (κ1) is 19.4. The van der Waals surface area contributed by atoms with E-state index in [0.717, 1.165) is 6.07 Å². The molecule has 0 bridgehead atoms. The summed E-state index contributed by atoms with van der Waals surface area (Å²) < 4.78 is 29.7. The Morgan fingerprint density at radius 1 is 1.26 bits per heavy atom. The molecule has 0 heterocycles. The number of benzene rings is 1. The van der Waals surface area contributed by atoms with Crippen LogP contribution in [0.25, 0.3) is 0 Å². The molecule has 0 atom stereocenters. The first-order chi connectivity index (χ1) is 10.5. The van der Waals surface area contributed by atoms with Gasteiger partial charge in [-0.2, -0.15) is 0 Å². The number of nitrogen functional groups attached to an aromatic ring is 1. The maximum absolute atomic E-state index is 13.7. The van der Waals surface area contributed by atoms with Gasteiger partial charge in [-0.05, 0) is 24.2 Å². The number of halogens is 1. The van der Waals surface area contributed by atoms with Gasteiger partial charge in [-0.15, -0.1) is 0 Å². The fourth-order valence-electron chi connectivity index (χ4n) is 1.63. The molecule has 0 aliphatic rings. The Morgan fingerprint density at radius 2 is 1.87 bits per heavy atom. The molecular weight excluding hydrogens is 317 g/mol. The van der Waals surface area contributed by atoms with Gasteiger partial charge in [0.05, 0.1) is 25.0 Å². The van der Waals surface area contributed by atoms with Gasteiger partial charge in [-0.1, -0.05) is 20.8 Å². The normalized spacial score (nSPS) is 12.1. The van der Waals surface area contributed by atoms with Crippen LogP contribution >= 0.6 is 0 Å². The Bertz CT molecular complexity index is 570. The number of ether oxygens (including phenoxy) is 2. The second-order valence-electron chi connectivity index (χ2n) is 6.82. The lowest BCUT2D eigenvalue weighted by Gasteiger charge is -2.36. The minimum atomic E-state index is -1.85. The molecule has 0 spiro atoms. The molecule has 2 N–H and O–H groups in total. The molecule has 1 aromatic rings. The van der Waals surface area contributed by atoms with Gasteiger partial charge in [-0.3, -0.25) is 0 Å². The molecule has 0 saturated heterocycles. The van der Waals surface area contributed by atoms with E-state index >= 15 is 0 Å². The second-order valence-corrected chi connectivity index (χ2v) is 11.6. The van der Waals surface area contributed by atoms with Gasteiger partial charge >= 0.3 is 5.97 Å². The highest BCUT2D eigenvalue weighted by molar-refractivity contribution is 6.74. The van der Waals surface area contributed by atoms with Crippen LogP contribution < -0.4 is 10.5 Å². The molecule has 0 fully saturated rings. The van der Waals surface area contributed by atoms with Gasteiger partial charge in [-0.25, -0.2) is 9.18 Å². The fraction of sp³-hybridized carbons (Fsp3) is 0.562. The van der Waals surface area contributed by atoms with Crippen molar-refractivity contribution < 1.29 is 23.1 Å². The van der Waals surface area contributed by atoms with Crippen LogP contribution in [0.1, 0.15) is 31.1 Å². The number of carbonyl (C=O) groups excluding carboxylic acids is 1. The van der Waals surface area contributed by atoms with Crippen molar-refractivity contribution in [3.63, 3.8) is 0 Å².